The zero-order valence-electron chi connectivity index (χ0n) is 9.45. The zero-order valence-corrected chi connectivity index (χ0v) is 9.45. The Morgan fingerprint density at radius 3 is 2.28 bits per heavy atom. The summed E-state index contributed by atoms with van der Waals surface area (Å²) in [5.41, 5.74) is 0. The summed E-state index contributed by atoms with van der Waals surface area (Å²) in [6, 6.07) is 0. The Kier molecular flexibility index (Phi) is 8.37. The number of carbonyl (C=O) groups excluding carboxylic acids is 2. The second kappa shape index (κ2) is 9.28. The van der Waals surface area contributed by atoms with Crippen molar-refractivity contribution in [3.8, 4) is 0 Å². The zero-order chi connectivity index (χ0) is 14.0. The molecule has 0 bridgehead atoms. The van der Waals surface area contributed by atoms with Gasteiger partial charge < -0.3 is 20.5 Å². The summed E-state index contributed by atoms with van der Waals surface area (Å²) in [6.45, 7) is -1.83. The molecule has 0 heterocycles. The number of alkyl halides is 2. The van der Waals surface area contributed by atoms with Gasteiger partial charge in [0.05, 0.1) is 13.2 Å². The topological polar surface area (TPSA) is 105 Å². The van der Waals surface area contributed by atoms with E-state index < -0.39 is 37.4 Å². The highest BCUT2D eigenvalue weighted by Gasteiger charge is 2.07. The van der Waals surface area contributed by atoms with E-state index in [1.54, 1.807) is 0 Å². The van der Waals surface area contributed by atoms with Gasteiger partial charge in [0.25, 0.3) is 6.43 Å². The average molecular weight is 268 g/mol. The van der Waals surface area contributed by atoms with Crippen LogP contribution >= 0.6 is 0 Å². The minimum atomic E-state index is -2.59. The van der Waals surface area contributed by atoms with Gasteiger partial charge in [-0.25, -0.2) is 8.78 Å². The lowest BCUT2D eigenvalue weighted by atomic mass is 10.4. The molecule has 0 aliphatic rings. The molecule has 0 aromatic carbocycles. The predicted octanol–water partition coefficient (Wildman–Crippen LogP) is -1.02. The molecule has 7 nitrogen and oxygen atoms in total. The summed E-state index contributed by atoms with van der Waals surface area (Å²) >= 11 is 0. The lowest BCUT2D eigenvalue weighted by Gasteiger charge is -2.06. The Hall–Kier alpha value is -1.77. The molecule has 18 heavy (non-hydrogen) atoms. The molecule has 0 atom stereocenters. The summed E-state index contributed by atoms with van der Waals surface area (Å²) in [5, 5.41) is 12.5. The molecule has 0 fully saturated rings. The standard InChI is InChI=1S/C9H14F2N2O5/c10-6(11)5-18-2-1-7(14)12-3-8(15)13-4-9(16)17/h6H,1-5H2,(H,12,14)(H,13,15)(H,16,17). The van der Waals surface area contributed by atoms with Gasteiger partial charge in [0.15, 0.2) is 0 Å². The molecule has 3 N–H and O–H groups in total. The van der Waals surface area contributed by atoms with E-state index in [-0.39, 0.29) is 19.6 Å². The minimum absolute atomic E-state index is 0.154. The Balaban J connectivity index is 3.52. The van der Waals surface area contributed by atoms with Gasteiger partial charge in [-0.2, -0.15) is 0 Å². The Morgan fingerprint density at radius 1 is 1.11 bits per heavy atom. The fourth-order valence-corrected chi connectivity index (χ4v) is 0.841. The van der Waals surface area contributed by atoms with Gasteiger partial charge in [0.2, 0.25) is 11.8 Å². The smallest absolute Gasteiger partial charge is 0.322 e. The van der Waals surface area contributed by atoms with Crippen molar-refractivity contribution in [1.29, 1.82) is 0 Å². The van der Waals surface area contributed by atoms with Crippen LogP contribution in [-0.2, 0) is 19.1 Å². The lowest BCUT2D eigenvalue weighted by molar-refractivity contribution is -0.137. The van der Waals surface area contributed by atoms with E-state index in [1.165, 1.54) is 0 Å². The summed E-state index contributed by atoms with van der Waals surface area (Å²) in [5.74, 6) is -2.40. The lowest BCUT2D eigenvalue weighted by Crippen LogP contribution is -2.39. The van der Waals surface area contributed by atoms with Gasteiger partial charge in [-0.1, -0.05) is 0 Å². The van der Waals surface area contributed by atoms with E-state index in [1.807, 2.05) is 5.32 Å². The van der Waals surface area contributed by atoms with E-state index in [9.17, 15) is 23.2 Å². The van der Waals surface area contributed by atoms with Gasteiger partial charge >= 0.3 is 5.97 Å². The first-order valence-corrected chi connectivity index (χ1v) is 5.03. The molecule has 2 amide bonds. The SMILES string of the molecule is O=C(O)CNC(=O)CNC(=O)CCOCC(F)F. The maximum atomic E-state index is 11.6. The monoisotopic (exact) mass is 268 g/mol. The predicted molar refractivity (Wildman–Crippen MR) is 55.1 cm³/mol. The van der Waals surface area contributed by atoms with Gasteiger partial charge in [0, 0.05) is 6.42 Å². The van der Waals surface area contributed by atoms with Crippen LogP contribution < -0.4 is 10.6 Å². The van der Waals surface area contributed by atoms with Crippen LogP contribution in [0.3, 0.4) is 0 Å². The number of amides is 2. The van der Waals surface area contributed by atoms with Crippen LogP contribution in [0.5, 0.6) is 0 Å². The first-order chi connectivity index (χ1) is 8.41. The molecule has 0 saturated carbocycles. The van der Waals surface area contributed by atoms with Gasteiger partial charge in [-0.3, -0.25) is 14.4 Å². The number of halogens is 2. The summed E-state index contributed by atoms with van der Waals surface area (Å²) < 4.78 is 27.7. The third-order valence-electron chi connectivity index (χ3n) is 1.60. The third-order valence-corrected chi connectivity index (χ3v) is 1.60. The van der Waals surface area contributed by atoms with Crippen LogP contribution in [0.25, 0.3) is 0 Å². The molecule has 0 saturated heterocycles. The molecule has 0 unspecified atom stereocenters. The summed E-state index contributed by atoms with van der Waals surface area (Å²) in [4.78, 5) is 32.1. The van der Waals surface area contributed by atoms with Crippen molar-refractivity contribution in [3.05, 3.63) is 0 Å². The first-order valence-electron chi connectivity index (χ1n) is 5.03. The van der Waals surface area contributed by atoms with Crippen LogP contribution in [-0.4, -0.2) is 55.6 Å². The van der Waals surface area contributed by atoms with E-state index in [0.717, 1.165) is 0 Å². The molecule has 0 aliphatic carbocycles. The minimum Gasteiger partial charge on any atom is -0.480 e. The molecule has 0 radical (unpaired) electrons. The van der Waals surface area contributed by atoms with Crippen molar-refractivity contribution in [2.45, 2.75) is 12.8 Å². The molecular formula is C9H14F2N2O5. The first kappa shape index (κ1) is 16.2. The maximum Gasteiger partial charge on any atom is 0.322 e. The van der Waals surface area contributed by atoms with Crippen molar-refractivity contribution in [3.63, 3.8) is 0 Å². The molecule has 0 aromatic rings. The van der Waals surface area contributed by atoms with Crippen molar-refractivity contribution in [2.24, 2.45) is 0 Å². The second-order valence-electron chi connectivity index (χ2n) is 3.16. The van der Waals surface area contributed by atoms with Crippen molar-refractivity contribution >= 4 is 17.8 Å². The normalized spacial score (nSPS) is 10.2. The van der Waals surface area contributed by atoms with Crippen LogP contribution in [0.4, 0.5) is 8.78 Å². The molecule has 0 aromatic heterocycles. The van der Waals surface area contributed by atoms with Crippen LogP contribution in [0.2, 0.25) is 0 Å². The number of hydrogen-bond donors (Lipinski definition) is 3. The molecular weight excluding hydrogens is 254 g/mol. The molecule has 9 heteroatoms. The van der Waals surface area contributed by atoms with Gasteiger partial charge in [-0.05, 0) is 0 Å². The molecule has 0 aliphatic heterocycles. The number of carbonyl (C=O) groups is 3. The average Bonchev–Trinajstić information content (AvgIpc) is 2.29. The third kappa shape index (κ3) is 10.7. The number of nitrogens with one attached hydrogen (secondary N) is 2. The van der Waals surface area contributed by atoms with Gasteiger partial charge in [-0.15, -0.1) is 0 Å². The van der Waals surface area contributed by atoms with Gasteiger partial charge in [0.1, 0.15) is 13.2 Å². The highest BCUT2D eigenvalue weighted by atomic mass is 19.3. The summed E-state index contributed by atoms with van der Waals surface area (Å²) in [6.07, 6.45) is -2.74. The van der Waals surface area contributed by atoms with E-state index in [4.69, 9.17) is 5.11 Å². The maximum absolute atomic E-state index is 11.6. The Morgan fingerprint density at radius 2 is 1.72 bits per heavy atom. The van der Waals surface area contributed by atoms with Crippen molar-refractivity contribution in [1.82, 2.24) is 10.6 Å². The summed E-state index contributed by atoms with van der Waals surface area (Å²) in [7, 11) is 0. The second-order valence-corrected chi connectivity index (χ2v) is 3.16. The highest BCUT2D eigenvalue weighted by molar-refractivity contribution is 5.86. The van der Waals surface area contributed by atoms with Crippen LogP contribution in [0.1, 0.15) is 6.42 Å². The molecule has 104 valence electrons. The highest BCUT2D eigenvalue weighted by Crippen LogP contribution is 1.93. The largest absolute Gasteiger partial charge is 0.480 e. The van der Waals surface area contributed by atoms with Crippen molar-refractivity contribution in [2.75, 3.05) is 26.3 Å². The number of carboxylic acids is 1. The van der Waals surface area contributed by atoms with Crippen LogP contribution in [0, 0.1) is 0 Å². The Bertz CT molecular complexity index is 299. The number of aliphatic carboxylic acids is 1. The Labute approximate surface area is 101 Å². The van der Waals surface area contributed by atoms with Crippen molar-refractivity contribution < 1.29 is 33.0 Å². The van der Waals surface area contributed by atoms with E-state index in [0.29, 0.717) is 0 Å². The number of carboxylic acid groups (broad SMARTS) is 1. The number of hydrogen-bond acceptors (Lipinski definition) is 4. The van der Waals surface area contributed by atoms with E-state index in [2.05, 4.69) is 10.1 Å². The van der Waals surface area contributed by atoms with E-state index >= 15 is 0 Å². The fourth-order valence-electron chi connectivity index (χ4n) is 0.841. The quantitative estimate of drug-likeness (QED) is 0.464. The van der Waals surface area contributed by atoms with Crippen LogP contribution in [0.15, 0.2) is 0 Å². The fraction of sp³-hybridized carbons (Fsp3) is 0.667. The number of ether oxygens (including phenoxy) is 1. The number of rotatable bonds is 9. The molecule has 0 spiro atoms. The molecule has 0 rings (SSSR count).